The number of hydrogen-bond donors (Lipinski definition) is 1. The van der Waals surface area contributed by atoms with Gasteiger partial charge in [-0.1, -0.05) is 0 Å². The van der Waals surface area contributed by atoms with Gasteiger partial charge in [-0.05, 0) is 0 Å². The minimum atomic E-state index is -0.918. The molecule has 1 rings (SSSR count). The van der Waals surface area contributed by atoms with Gasteiger partial charge >= 0.3 is 78.8 Å². The van der Waals surface area contributed by atoms with Gasteiger partial charge in [-0.25, -0.2) is 0 Å². The molecule has 3 radical (unpaired) electrons. The van der Waals surface area contributed by atoms with Crippen LogP contribution >= 0.6 is 0 Å². The molecule has 0 aliphatic rings. The van der Waals surface area contributed by atoms with Gasteiger partial charge < -0.3 is 16.4 Å². The number of rotatable bonds is 2. The predicted molar refractivity (Wildman–Crippen MR) is 59.3 cm³/mol. The van der Waals surface area contributed by atoms with Crippen LogP contribution in [-0.2, 0) is 4.79 Å². The van der Waals surface area contributed by atoms with Crippen molar-refractivity contribution in [3.05, 3.63) is 35.9 Å². The van der Waals surface area contributed by atoms with Crippen molar-refractivity contribution in [3.8, 4) is 0 Å². The maximum atomic E-state index is 10.2. The monoisotopic (exact) mass is 275 g/mol. The second-order valence-corrected chi connectivity index (χ2v) is 3.39. The Hall–Kier alpha value is -1.15. The Bertz CT molecular complexity index is 324. The SMILES string of the molecule is O.O.O.O=C(O)/C=C/c1cccc[c]1[Ge]. The maximum absolute atomic E-state index is 10.2. The molecule has 0 spiro atoms. The van der Waals surface area contributed by atoms with Crippen molar-refractivity contribution in [3.63, 3.8) is 0 Å². The van der Waals surface area contributed by atoms with E-state index in [1.54, 1.807) is 6.08 Å². The van der Waals surface area contributed by atoms with Crippen molar-refractivity contribution in [1.82, 2.24) is 0 Å². The van der Waals surface area contributed by atoms with Crippen LogP contribution in [0.1, 0.15) is 5.56 Å². The number of aliphatic carboxylic acids is 1. The van der Waals surface area contributed by atoms with E-state index >= 15 is 0 Å². The molecule has 0 aromatic heterocycles. The van der Waals surface area contributed by atoms with Gasteiger partial charge in [0.1, 0.15) is 0 Å². The van der Waals surface area contributed by atoms with Crippen LogP contribution in [-0.4, -0.2) is 44.0 Å². The molecule has 0 saturated carbocycles. The van der Waals surface area contributed by atoms with Gasteiger partial charge in [0.2, 0.25) is 0 Å². The average molecular weight is 274 g/mol. The third kappa shape index (κ3) is 6.86. The van der Waals surface area contributed by atoms with Crippen LogP contribution in [0, 0.1) is 0 Å². The van der Waals surface area contributed by atoms with Crippen molar-refractivity contribution >= 4 is 33.0 Å². The van der Waals surface area contributed by atoms with Crippen LogP contribution in [0.3, 0.4) is 0 Å². The van der Waals surface area contributed by atoms with Gasteiger partial charge in [-0.3, -0.25) is 0 Å². The van der Waals surface area contributed by atoms with Crippen LogP contribution in [0.2, 0.25) is 0 Å². The number of hydrogen-bond acceptors (Lipinski definition) is 1. The van der Waals surface area contributed by atoms with E-state index in [1.165, 1.54) is 0 Å². The van der Waals surface area contributed by atoms with E-state index in [9.17, 15) is 4.79 Å². The van der Waals surface area contributed by atoms with Gasteiger partial charge in [-0.2, -0.15) is 0 Å². The molecule has 0 amide bonds. The molecule has 0 atom stereocenters. The summed E-state index contributed by atoms with van der Waals surface area (Å²) in [5.74, 6) is -0.918. The normalized spacial score (nSPS) is 8.33. The van der Waals surface area contributed by atoms with Crippen LogP contribution in [0.5, 0.6) is 0 Å². The van der Waals surface area contributed by atoms with Gasteiger partial charge in [-0.15, -0.1) is 0 Å². The zero-order chi connectivity index (χ0) is 8.97. The summed E-state index contributed by atoms with van der Waals surface area (Å²) in [5.41, 5.74) is 0.944. The Morgan fingerprint density at radius 2 is 1.73 bits per heavy atom. The number of benzene rings is 1. The first-order valence-electron chi connectivity index (χ1n) is 3.42. The first-order chi connectivity index (χ1) is 5.70. The van der Waals surface area contributed by atoms with Crippen molar-refractivity contribution in [2.24, 2.45) is 0 Å². The number of carboxylic acids is 1. The molecule has 0 aliphatic carbocycles. The van der Waals surface area contributed by atoms with E-state index < -0.39 is 5.97 Å². The Labute approximate surface area is 95.6 Å². The molecule has 5 nitrogen and oxygen atoms in total. The Morgan fingerprint density at radius 3 is 2.20 bits per heavy atom. The zero-order valence-corrected chi connectivity index (χ0v) is 9.92. The molecule has 0 bridgehead atoms. The molecular weight excluding hydrogens is 261 g/mol. The van der Waals surface area contributed by atoms with Crippen molar-refractivity contribution in [2.75, 3.05) is 0 Å². The summed E-state index contributed by atoms with van der Waals surface area (Å²) in [6.07, 6.45) is 2.74. The van der Waals surface area contributed by atoms with E-state index in [0.717, 1.165) is 16.0 Å². The summed E-state index contributed by atoms with van der Waals surface area (Å²) < 4.78 is 1.08. The third-order valence-corrected chi connectivity index (χ3v) is 2.32. The van der Waals surface area contributed by atoms with Crippen LogP contribution in [0.25, 0.3) is 6.08 Å². The fourth-order valence-corrected chi connectivity index (χ4v) is 1.35. The first kappa shape index (κ1) is 19.4. The minimum absolute atomic E-state index is 0. The standard InChI is InChI=1S/C9H7GeO2.3H2O/c10-8-4-2-1-3-7(8)5-6-9(11)12;;;/h1-6H,(H,11,12);3*1H2/b6-5+;;;. The number of carboxylic acid groups (broad SMARTS) is 1. The topological polar surface area (TPSA) is 132 Å². The van der Waals surface area contributed by atoms with Crippen LogP contribution in [0.15, 0.2) is 30.3 Å². The van der Waals surface area contributed by atoms with Crippen molar-refractivity contribution in [1.29, 1.82) is 0 Å². The zero-order valence-electron chi connectivity index (χ0n) is 7.82. The van der Waals surface area contributed by atoms with Crippen LogP contribution in [0.4, 0.5) is 0 Å². The molecule has 83 valence electrons. The van der Waals surface area contributed by atoms with Crippen molar-refractivity contribution < 1.29 is 26.3 Å². The van der Waals surface area contributed by atoms with E-state index in [2.05, 4.69) is 0 Å². The quantitative estimate of drug-likeness (QED) is 0.498. The average Bonchev–Trinajstić information content (AvgIpc) is 2.03. The molecular formula is C9H13GeO5. The van der Waals surface area contributed by atoms with Gasteiger partial charge in [0, 0.05) is 0 Å². The molecule has 6 heteroatoms. The Balaban J connectivity index is -0.000000480. The van der Waals surface area contributed by atoms with E-state index in [4.69, 9.17) is 5.11 Å². The molecule has 15 heavy (non-hydrogen) atoms. The van der Waals surface area contributed by atoms with Crippen LogP contribution < -0.4 is 4.40 Å². The Morgan fingerprint density at radius 1 is 1.20 bits per heavy atom. The molecule has 0 fully saturated rings. The first-order valence-corrected chi connectivity index (χ1v) is 4.46. The van der Waals surface area contributed by atoms with E-state index in [1.807, 2.05) is 40.8 Å². The van der Waals surface area contributed by atoms with E-state index in [0.29, 0.717) is 0 Å². The fourth-order valence-electron chi connectivity index (χ4n) is 0.803. The summed E-state index contributed by atoms with van der Waals surface area (Å²) in [5, 5.41) is 8.38. The van der Waals surface area contributed by atoms with E-state index in [-0.39, 0.29) is 16.4 Å². The second kappa shape index (κ2) is 9.41. The predicted octanol–water partition coefficient (Wildman–Crippen LogP) is -1.90. The van der Waals surface area contributed by atoms with Crippen molar-refractivity contribution in [2.45, 2.75) is 0 Å². The fraction of sp³-hybridized carbons (Fsp3) is 0. The summed E-state index contributed by atoms with van der Waals surface area (Å²) in [4.78, 5) is 10.2. The van der Waals surface area contributed by atoms with Gasteiger partial charge in [0.25, 0.3) is 0 Å². The second-order valence-electron chi connectivity index (χ2n) is 2.26. The molecule has 7 N–H and O–H groups in total. The molecule has 0 heterocycles. The van der Waals surface area contributed by atoms with Gasteiger partial charge in [0.15, 0.2) is 0 Å². The molecule has 0 unspecified atom stereocenters. The molecule has 1 aromatic rings. The Kier molecular flexibility index (Phi) is 12.2. The molecule has 0 saturated heterocycles. The third-order valence-electron chi connectivity index (χ3n) is 1.37. The summed E-state index contributed by atoms with van der Waals surface area (Å²) in [6.45, 7) is 0. The summed E-state index contributed by atoms with van der Waals surface area (Å²) in [7, 11) is 0. The molecule has 0 aliphatic heterocycles. The van der Waals surface area contributed by atoms with Gasteiger partial charge in [0.05, 0.1) is 0 Å². The number of carbonyl (C=O) groups is 1. The summed E-state index contributed by atoms with van der Waals surface area (Å²) >= 11 is 1.95. The molecule has 1 aromatic carbocycles. The summed E-state index contributed by atoms with van der Waals surface area (Å²) in [6, 6.07) is 7.64.